The van der Waals surface area contributed by atoms with Gasteiger partial charge in [-0.05, 0) is 42.4 Å². The molecule has 0 bridgehead atoms. The average molecular weight is 299 g/mol. The van der Waals surface area contributed by atoms with E-state index in [4.69, 9.17) is 0 Å². The Morgan fingerprint density at radius 3 is 2.75 bits per heavy atom. The van der Waals surface area contributed by atoms with Gasteiger partial charge in [0.25, 0.3) is 5.91 Å². The van der Waals surface area contributed by atoms with Crippen molar-refractivity contribution < 1.29 is 14.3 Å². The Hall–Kier alpha value is -1.07. The number of aliphatic hydroxyl groups excluding tert-OH is 1. The van der Waals surface area contributed by atoms with Gasteiger partial charge < -0.3 is 10.4 Å². The first-order chi connectivity index (χ1) is 9.45. The van der Waals surface area contributed by atoms with E-state index >= 15 is 0 Å². The van der Waals surface area contributed by atoms with Crippen molar-refractivity contribution in [3.05, 3.63) is 35.1 Å². The van der Waals surface area contributed by atoms with E-state index in [1.807, 2.05) is 20.1 Å². The average Bonchev–Trinajstić information content (AvgIpc) is 2.41. The number of hydrogen-bond acceptors (Lipinski definition) is 3. The molecule has 5 heteroatoms. The van der Waals surface area contributed by atoms with Crippen molar-refractivity contribution in [3.63, 3.8) is 0 Å². The molecule has 112 valence electrons. The van der Waals surface area contributed by atoms with Crippen LogP contribution in [0.3, 0.4) is 0 Å². The highest BCUT2D eigenvalue weighted by Gasteiger charge is 2.12. The lowest BCUT2D eigenvalue weighted by molar-refractivity contribution is 0.0920. The summed E-state index contributed by atoms with van der Waals surface area (Å²) in [6, 6.07) is 4.39. The number of aliphatic hydroxyl groups is 1. The zero-order valence-corrected chi connectivity index (χ0v) is 13.0. The van der Waals surface area contributed by atoms with Crippen LogP contribution in [0.1, 0.15) is 36.2 Å². The van der Waals surface area contributed by atoms with Crippen molar-refractivity contribution in [2.24, 2.45) is 5.92 Å². The topological polar surface area (TPSA) is 49.3 Å². The number of hydrogen-bond donors (Lipinski definition) is 2. The van der Waals surface area contributed by atoms with Crippen LogP contribution < -0.4 is 5.32 Å². The molecule has 0 saturated heterocycles. The molecule has 0 aliphatic carbocycles. The first-order valence-corrected chi connectivity index (χ1v) is 8.08. The van der Waals surface area contributed by atoms with Crippen LogP contribution in [-0.4, -0.2) is 29.9 Å². The Balaban J connectivity index is 2.57. The third kappa shape index (κ3) is 5.13. The van der Waals surface area contributed by atoms with E-state index in [1.54, 1.807) is 6.07 Å². The highest BCUT2D eigenvalue weighted by Crippen LogP contribution is 2.16. The summed E-state index contributed by atoms with van der Waals surface area (Å²) in [5.41, 5.74) is 0.988. The van der Waals surface area contributed by atoms with E-state index in [-0.39, 0.29) is 17.6 Å². The molecule has 1 aromatic rings. The van der Waals surface area contributed by atoms with Crippen LogP contribution in [0.2, 0.25) is 0 Å². The largest absolute Gasteiger partial charge is 0.393 e. The molecule has 0 fully saturated rings. The lowest BCUT2D eigenvalue weighted by Crippen LogP contribution is -2.28. The van der Waals surface area contributed by atoms with E-state index in [0.29, 0.717) is 29.8 Å². The predicted octanol–water partition coefficient (Wildman–Crippen LogP) is 2.83. The SMILES string of the molecule is CSCc1cc(C(=O)NCCC(O)C(C)C)ccc1F. The van der Waals surface area contributed by atoms with Gasteiger partial charge in [-0.15, -0.1) is 0 Å². The fourth-order valence-corrected chi connectivity index (χ4v) is 2.28. The van der Waals surface area contributed by atoms with Crippen LogP contribution >= 0.6 is 11.8 Å². The van der Waals surface area contributed by atoms with E-state index in [1.165, 1.54) is 23.9 Å². The molecule has 0 aliphatic rings. The molecular weight excluding hydrogens is 277 g/mol. The van der Waals surface area contributed by atoms with Gasteiger partial charge in [-0.2, -0.15) is 11.8 Å². The Kier molecular flexibility index (Phi) is 7.02. The highest BCUT2D eigenvalue weighted by atomic mass is 32.2. The second-order valence-electron chi connectivity index (χ2n) is 5.10. The zero-order valence-electron chi connectivity index (χ0n) is 12.1. The molecule has 0 radical (unpaired) electrons. The molecular formula is C15H22FNO2S. The van der Waals surface area contributed by atoms with Gasteiger partial charge in [-0.1, -0.05) is 13.8 Å². The van der Waals surface area contributed by atoms with Crippen LogP contribution in [-0.2, 0) is 5.75 Å². The lowest BCUT2D eigenvalue weighted by Gasteiger charge is -2.14. The minimum atomic E-state index is -0.421. The fourth-order valence-electron chi connectivity index (χ4n) is 1.75. The van der Waals surface area contributed by atoms with Crippen LogP contribution in [0.15, 0.2) is 18.2 Å². The molecule has 20 heavy (non-hydrogen) atoms. The first-order valence-electron chi connectivity index (χ1n) is 6.69. The molecule has 0 spiro atoms. The number of thioether (sulfide) groups is 1. The van der Waals surface area contributed by atoms with Crippen LogP contribution in [0.5, 0.6) is 0 Å². The van der Waals surface area contributed by atoms with Gasteiger partial charge in [0.15, 0.2) is 0 Å². The summed E-state index contributed by atoms with van der Waals surface area (Å²) in [5, 5.41) is 12.4. The van der Waals surface area contributed by atoms with Crippen molar-refractivity contribution in [2.75, 3.05) is 12.8 Å². The third-order valence-corrected chi connectivity index (χ3v) is 3.70. The normalized spacial score (nSPS) is 12.5. The first kappa shape index (κ1) is 17.0. The van der Waals surface area contributed by atoms with Gasteiger partial charge in [0, 0.05) is 17.9 Å². The molecule has 0 saturated carbocycles. The lowest BCUT2D eigenvalue weighted by atomic mass is 10.0. The highest BCUT2D eigenvalue weighted by molar-refractivity contribution is 7.97. The Morgan fingerprint density at radius 2 is 2.15 bits per heavy atom. The molecule has 1 aromatic carbocycles. The standard InChI is InChI=1S/C15H22FNO2S/c1-10(2)14(18)6-7-17-15(19)11-4-5-13(16)12(8-11)9-20-3/h4-5,8,10,14,18H,6-7,9H2,1-3H3,(H,17,19). The number of benzene rings is 1. The molecule has 0 aliphatic heterocycles. The summed E-state index contributed by atoms with van der Waals surface area (Å²) in [7, 11) is 0. The molecule has 1 rings (SSSR count). The summed E-state index contributed by atoms with van der Waals surface area (Å²) in [6.07, 6.45) is 1.98. The smallest absolute Gasteiger partial charge is 0.251 e. The number of carbonyl (C=O) groups is 1. The molecule has 2 N–H and O–H groups in total. The number of amides is 1. The molecule has 0 aromatic heterocycles. The minimum absolute atomic E-state index is 0.172. The summed E-state index contributed by atoms with van der Waals surface area (Å²) < 4.78 is 13.5. The second-order valence-corrected chi connectivity index (χ2v) is 5.96. The molecule has 0 heterocycles. The maximum atomic E-state index is 13.5. The summed E-state index contributed by atoms with van der Waals surface area (Å²) in [6.45, 7) is 4.27. The number of halogens is 1. The molecule has 3 nitrogen and oxygen atoms in total. The summed E-state index contributed by atoms with van der Waals surface area (Å²) in [5.74, 6) is 0.194. The van der Waals surface area contributed by atoms with E-state index in [9.17, 15) is 14.3 Å². The fraction of sp³-hybridized carbons (Fsp3) is 0.533. The number of nitrogens with one attached hydrogen (secondary N) is 1. The Morgan fingerprint density at radius 1 is 1.45 bits per heavy atom. The van der Waals surface area contributed by atoms with Gasteiger partial charge in [0.2, 0.25) is 0 Å². The van der Waals surface area contributed by atoms with Crippen LogP contribution in [0.25, 0.3) is 0 Å². The maximum absolute atomic E-state index is 13.5. The van der Waals surface area contributed by atoms with Crippen LogP contribution in [0, 0.1) is 11.7 Å². The Labute approximate surface area is 124 Å². The van der Waals surface area contributed by atoms with Gasteiger partial charge >= 0.3 is 0 Å². The third-order valence-electron chi connectivity index (χ3n) is 3.10. The molecule has 1 atom stereocenters. The molecule has 1 unspecified atom stereocenters. The quantitative estimate of drug-likeness (QED) is 0.814. The van der Waals surface area contributed by atoms with Crippen molar-refractivity contribution in [1.82, 2.24) is 5.32 Å². The summed E-state index contributed by atoms with van der Waals surface area (Å²) in [4.78, 5) is 11.9. The van der Waals surface area contributed by atoms with Gasteiger partial charge in [0.1, 0.15) is 5.82 Å². The van der Waals surface area contributed by atoms with E-state index in [0.717, 1.165) is 0 Å². The van der Waals surface area contributed by atoms with Gasteiger partial charge in [-0.25, -0.2) is 4.39 Å². The number of rotatable bonds is 7. The van der Waals surface area contributed by atoms with Gasteiger partial charge in [-0.3, -0.25) is 4.79 Å². The van der Waals surface area contributed by atoms with E-state index in [2.05, 4.69) is 5.32 Å². The Bertz CT molecular complexity index is 451. The zero-order chi connectivity index (χ0) is 15.1. The predicted molar refractivity (Wildman–Crippen MR) is 81.4 cm³/mol. The van der Waals surface area contributed by atoms with Crippen molar-refractivity contribution in [1.29, 1.82) is 0 Å². The second kappa shape index (κ2) is 8.27. The van der Waals surface area contributed by atoms with E-state index < -0.39 is 6.10 Å². The minimum Gasteiger partial charge on any atom is -0.393 e. The van der Waals surface area contributed by atoms with Gasteiger partial charge in [0.05, 0.1) is 6.10 Å². The monoisotopic (exact) mass is 299 g/mol. The van der Waals surface area contributed by atoms with Crippen molar-refractivity contribution in [2.45, 2.75) is 32.1 Å². The molecule has 1 amide bonds. The number of carbonyl (C=O) groups excluding carboxylic acids is 1. The van der Waals surface area contributed by atoms with Crippen LogP contribution in [0.4, 0.5) is 4.39 Å². The summed E-state index contributed by atoms with van der Waals surface area (Å²) >= 11 is 1.51. The van der Waals surface area contributed by atoms with Crippen molar-refractivity contribution >= 4 is 17.7 Å². The maximum Gasteiger partial charge on any atom is 0.251 e. The van der Waals surface area contributed by atoms with Crippen molar-refractivity contribution in [3.8, 4) is 0 Å².